The zero-order valence-electron chi connectivity index (χ0n) is 7.96. The zero-order chi connectivity index (χ0) is 10.8. The molecule has 0 aliphatic heterocycles. The van der Waals surface area contributed by atoms with E-state index in [1.54, 1.807) is 13.8 Å². The quantitative estimate of drug-likeness (QED) is 0.553. The summed E-state index contributed by atoms with van der Waals surface area (Å²) >= 11 is 0. The second kappa shape index (κ2) is 3.62. The maximum absolute atomic E-state index is 11.1. The normalized spacial score (nSPS) is 11.4. The highest BCUT2D eigenvalue weighted by atomic mass is 16.5. The molecular weight excluding hydrogens is 188 g/mol. The summed E-state index contributed by atoms with van der Waals surface area (Å²) in [5.41, 5.74) is 3.72. The van der Waals surface area contributed by atoms with Crippen molar-refractivity contribution in [3.05, 3.63) is 20.8 Å². The fourth-order valence-electron chi connectivity index (χ4n) is 0.689. The molecule has 0 fully saturated rings. The van der Waals surface area contributed by atoms with E-state index >= 15 is 0 Å². The van der Waals surface area contributed by atoms with Crippen molar-refractivity contribution < 1.29 is 4.74 Å². The minimum absolute atomic E-state index is 0.134. The van der Waals surface area contributed by atoms with E-state index in [1.165, 1.54) is 0 Å². The Balaban J connectivity index is 2.79. The first-order valence-corrected chi connectivity index (χ1v) is 3.99. The van der Waals surface area contributed by atoms with Gasteiger partial charge in [-0.2, -0.15) is 0 Å². The molecule has 14 heavy (non-hydrogen) atoms. The number of hydrogen-bond acceptors (Lipinski definition) is 5. The van der Waals surface area contributed by atoms with Crippen LogP contribution in [0.3, 0.4) is 0 Å². The molecule has 1 heterocycles. The van der Waals surface area contributed by atoms with Gasteiger partial charge in [-0.15, -0.1) is 5.10 Å². The van der Waals surface area contributed by atoms with Gasteiger partial charge >= 0.3 is 11.2 Å². The standard InChI is InChI=1S/C7H12N4O3/c1-7(2,8)3-14-5-4(12)9-6(13)11-10-5/h3,8H2,1-2H3,(H2,9,11,12,13). The van der Waals surface area contributed by atoms with E-state index in [0.29, 0.717) is 0 Å². The van der Waals surface area contributed by atoms with Gasteiger partial charge in [0, 0.05) is 5.54 Å². The van der Waals surface area contributed by atoms with Crippen LogP contribution in [0.15, 0.2) is 9.59 Å². The van der Waals surface area contributed by atoms with Gasteiger partial charge in [0.2, 0.25) is 0 Å². The molecule has 0 bridgehead atoms. The van der Waals surface area contributed by atoms with E-state index in [-0.39, 0.29) is 12.5 Å². The van der Waals surface area contributed by atoms with Crippen molar-refractivity contribution in [3.63, 3.8) is 0 Å². The van der Waals surface area contributed by atoms with Crippen LogP contribution in [0.5, 0.6) is 5.88 Å². The molecule has 7 heteroatoms. The van der Waals surface area contributed by atoms with E-state index in [1.807, 2.05) is 4.98 Å². The van der Waals surface area contributed by atoms with Crippen LogP contribution >= 0.6 is 0 Å². The summed E-state index contributed by atoms with van der Waals surface area (Å²) in [6.07, 6.45) is 0. The molecule has 1 rings (SSSR count). The summed E-state index contributed by atoms with van der Waals surface area (Å²) < 4.78 is 5.01. The first-order chi connectivity index (χ1) is 6.38. The van der Waals surface area contributed by atoms with Crippen LogP contribution in [0.25, 0.3) is 0 Å². The molecule has 0 saturated carbocycles. The number of nitrogens with one attached hydrogen (secondary N) is 2. The third-order valence-corrected chi connectivity index (χ3v) is 1.26. The van der Waals surface area contributed by atoms with Crippen molar-refractivity contribution in [2.24, 2.45) is 5.73 Å². The first-order valence-electron chi connectivity index (χ1n) is 3.99. The zero-order valence-corrected chi connectivity index (χ0v) is 7.96. The summed E-state index contributed by atoms with van der Waals surface area (Å²) in [6, 6.07) is 0. The molecule has 4 N–H and O–H groups in total. The molecule has 0 amide bonds. The van der Waals surface area contributed by atoms with E-state index in [0.717, 1.165) is 0 Å². The van der Waals surface area contributed by atoms with Crippen LogP contribution in [0, 0.1) is 0 Å². The Hall–Kier alpha value is -1.63. The van der Waals surface area contributed by atoms with Crippen molar-refractivity contribution in [2.75, 3.05) is 6.61 Å². The molecule has 78 valence electrons. The Kier molecular flexibility index (Phi) is 2.70. The summed E-state index contributed by atoms with van der Waals surface area (Å²) in [6.45, 7) is 3.62. The van der Waals surface area contributed by atoms with Gasteiger partial charge in [-0.25, -0.2) is 9.89 Å². The molecule has 0 spiro atoms. The summed E-state index contributed by atoms with van der Waals surface area (Å²) in [5.74, 6) is -0.192. The van der Waals surface area contributed by atoms with Crippen LogP contribution in [0.1, 0.15) is 13.8 Å². The topological polar surface area (TPSA) is 114 Å². The third kappa shape index (κ3) is 3.02. The number of aromatic nitrogens is 3. The monoisotopic (exact) mass is 200 g/mol. The van der Waals surface area contributed by atoms with Crippen LogP contribution in [-0.2, 0) is 0 Å². The van der Waals surface area contributed by atoms with Crippen LogP contribution in [0.4, 0.5) is 0 Å². The second-order valence-corrected chi connectivity index (χ2v) is 3.59. The molecule has 1 aromatic rings. The van der Waals surface area contributed by atoms with Crippen LogP contribution in [-0.4, -0.2) is 27.3 Å². The number of ether oxygens (including phenoxy) is 1. The third-order valence-electron chi connectivity index (χ3n) is 1.26. The van der Waals surface area contributed by atoms with E-state index in [9.17, 15) is 9.59 Å². The van der Waals surface area contributed by atoms with Crippen molar-refractivity contribution in [2.45, 2.75) is 19.4 Å². The SMILES string of the molecule is CC(C)(N)COc1n[nH]c(=O)[nH]c1=O. The lowest BCUT2D eigenvalue weighted by molar-refractivity contribution is 0.229. The molecule has 0 atom stereocenters. The molecular formula is C7H12N4O3. The summed E-state index contributed by atoms with van der Waals surface area (Å²) in [5, 5.41) is 5.47. The molecule has 7 nitrogen and oxygen atoms in total. The summed E-state index contributed by atoms with van der Waals surface area (Å²) in [7, 11) is 0. The largest absolute Gasteiger partial charge is 0.471 e. The molecule has 0 unspecified atom stereocenters. The van der Waals surface area contributed by atoms with Gasteiger partial charge in [0.1, 0.15) is 6.61 Å². The van der Waals surface area contributed by atoms with Gasteiger partial charge in [-0.05, 0) is 13.8 Å². The maximum atomic E-state index is 11.1. The van der Waals surface area contributed by atoms with E-state index in [2.05, 4.69) is 10.2 Å². The Bertz CT molecular complexity index is 414. The highest BCUT2D eigenvalue weighted by Gasteiger charge is 2.13. The maximum Gasteiger partial charge on any atom is 0.342 e. The number of hydrogen-bond donors (Lipinski definition) is 3. The van der Waals surface area contributed by atoms with Crippen molar-refractivity contribution in [1.29, 1.82) is 0 Å². The number of aromatic amines is 2. The van der Waals surface area contributed by atoms with Crippen molar-refractivity contribution in [3.8, 4) is 5.88 Å². The molecule has 0 aliphatic carbocycles. The van der Waals surface area contributed by atoms with Gasteiger partial charge in [0.15, 0.2) is 0 Å². The number of rotatable bonds is 3. The lowest BCUT2D eigenvalue weighted by Gasteiger charge is -2.17. The number of nitrogens with zero attached hydrogens (tertiary/aromatic N) is 1. The number of H-pyrrole nitrogens is 2. The van der Waals surface area contributed by atoms with Gasteiger partial charge in [0.25, 0.3) is 5.88 Å². The van der Waals surface area contributed by atoms with Gasteiger partial charge in [-0.3, -0.25) is 9.78 Å². The minimum Gasteiger partial charge on any atom is -0.471 e. The van der Waals surface area contributed by atoms with Crippen molar-refractivity contribution in [1.82, 2.24) is 15.2 Å². The van der Waals surface area contributed by atoms with Gasteiger partial charge in [0.05, 0.1) is 0 Å². The Morgan fingerprint density at radius 3 is 2.64 bits per heavy atom. The molecule has 0 saturated heterocycles. The average Bonchev–Trinajstić information content (AvgIpc) is 2.00. The van der Waals surface area contributed by atoms with Crippen LogP contribution < -0.4 is 21.7 Å². The Labute approximate surface area is 79.3 Å². The minimum atomic E-state index is -0.672. The molecule has 0 aliphatic rings. The lowest BCUT2D eigenvalue weighted by Crippen LogP contribution is -2.40. The smallest absolute Gasteiger partial charge is 0.342 e. The summed E-state index contributed by atoms with van der Waals surface area (Å²) in [4.78, 5) is 23.6. The second-order valence-electron chi connectivity index (χ2n) is 3.59. The lowest BCUT2D eigenvalue weighted by atomic mass is 10.1. The van der Waals surface area contributed by atoms with Crippen LogP contribution in [0.2, 0.25) is 0 Å². The average molecular weight is 200 g/mol. The highest BCUT2D eigenvalue weighted by molar-refractivity contribution is 4.99. The van der Waals surface area contributed by atoms with E-state index in [4.69, 9.17) is 10.5 Å². The molecule has 0 radical (unpaired) electrons. The number of nitrogens with two attached hydrogens (primary N) is 1. The fraction of sp³-hybridized carbons (Fsp3) is 0.571. The van der Waals surface area contributed by atoms with E-state index < -0.39 is 16.8 Å². The predicted molar refractivity (Wildman–Crippen MR) is 49.2 cm³/mol. The first kappa shape index (κ1) is 10.5. The Morgan fingerprint density at radius 1 is 1.50 bits per heavy atom. The predicted octanol–water partition coefficient (Wildman–Crippen LogP) is -1.43. The van der Waals surface area contributed by atoms with Crippen molar-refractivity contribution >= 4 is 0 Å². The van der Waals surface area contributed by atoms with Gasteiger partial charge in [-0.1, -0.05) is 0 Å². The van der Waals surface area contributed by atoms with Gasteiger partial charge < -0.3 is 10.5 Å². The fourth-order valence-corrected chi connectivity index (χ4v) is 0.689. The molecule has 1 aromatic heterocycles. The highest BCUT2D eigenvalue weighted by Crippen LogP contribution is 1.99. The Morgan fingerprint density at radius 2 is 2.14 bits per heavy atom. The molecule has 0 aromatic carbocycles.